The number of nitrogens with one attached hydrogen (secondary N) is 1. The van der Waals surface area contributed by atoms with Gasteiger partial charge in [0.1, 0.15) is 0 Å². The number of hydrogen-bond donors (Lipinski definition) is 2. The number of benzene rings is 1. The van der Waals surface area contributed by atoms with Gasteiger partial charge in [-0.3, -0.25) is 4.79 Å². The highest BCUT2D eigenvalue weighted by molar-refractivity contribution is 5.92. The molecule has 0 saturated heterocycles. The molecule has 0 spiro atoms. The van der Waals surface area contributed by atoms with Crippen LogP contribution in [0.2, 0.25) is 0 Å². The van der Waals surface area contributed by atoms with Crippen LogP contribution < -0.4 is 11.1 Å². The summed E-state index contributed by atoms with van der Waals surface area (Å²) < 4.78 is 5.55. The number of hydrogen-bond acceptors (Lipinski definition) is 3. The van der Waals surface area contributed by atoms with Crippen molar-refractivity contribution in [1.29, 1.82) is 0 Å². The van der Waals surface area contributed by atoms with Crippen molar-refractivity contribution in [2.75, 3.05) is 24.3 Å². The number of anilines is 2. The van der Waals surface area contributed by atoms with Gasteiger partial charge in [0.25, 0.3) is 0 Å². The largest absolute Gasteiger partial charge is 0.398 e. The van der Waals surface area contributed by atoms with Crippen molar-refractivity contribution in [2.24, 2.45) is 5.41 Å². The van der Waals surface area contributed by atoms with E-state index < -0.39 is 0 Å². The van der Waals surface area contributed by atoms with Crippen LogP contribution in [0.15, 0.2) is 18.2 Å². The first-order chi connectivity index (χ1) is 9.79. The third-order valence-electron chi connectivity index (χ3n) is 3.34. The van der Waals surface area contributed by atoms with Crippen LogP contribution in [0, 0.1) is 12.3 Å². The van der Waals surface area contributed by atoms with Gasteiger partial charge in [-0.05, 0) is 42.9 Å². The quantitative estimate of drug-likeness (QED) is 0.594. The Kier molecular flexibility index (Phi) is 6.69. The van der Waals surface area contributed by atoms with Crippen LogP contribution in [0.3, 0.4) is 0 Å². The summed E-state index contributed by atoms with van der Waals surface area (Å²) in [4.78, 5) is 11.9. The molecule has 118 valence electrons. The monoisotopic (exact) mass is 292 g/mol. The standard InChI is InChI=1S/C17H28N2O2/c1-13-14(18)7-5-8-15(13)19-16(20)9-6-11-21-12-10-17(2,3)4/h5,7-8H,6,9-12,18H2,1-4H3,(H,19,20). The fourth-order valence-electron chi connectivity index (χ4n) is 1.82. The molecule has 0 aliphatic carbocycles. The lowest BCUT2D eigenvalue weighted by molar-refractivity contribution is -0.116. The van der Waals surface area contributed by atoms with Crippen LogP contribution in [0.25, 0.3) is 0 Å². The Morgan fingerprint density at radius 1 is 1.29 bits per heavy atom. The van der Waals surface area contributed by atoms with Gasteiger partial charge in [0.2, 0.25) is 5.91 Å². The first-order valence-corrected chi connectivity index (χ1v) is 7.52. The van der Waals surface area contributed by atoms with E-state index >= 15 is 0 Å². The number of carbonyl (C=O) groups excluding carboxylic acids is 1. The van der Waals surface area contributed by atoms with E-state index in [-0.39, 0.29) is 5.91 Å². The molecule has 0 saturated carbocycles. The maximum absolute atomic E-state index is 11.9. The molecule has 1 aromatic rings. The number of rotatable bonds is 7. The Hall–Kier alpha value is -1.55. The predicted molar refractivity (Wildman–Crippen MR) is 88.3 cm³/mol. The van der Waals surface area contributed by atoms with Crippen molar-refractivity contribution in [3.63, 3.8) is 0 Å². The summed E-state index contributed by atoms with van der Waals surface area (Å²) in [6.07, 6.45) is 2.22. The van der Waals surface area contributed by atoms with E-state index in [1.807, 2.05) is 25.1 Å². The lowest BCUT2D eigenvalue weighted by atomic mass is 9.93. The van der Waals surface area contributed by atoms with E-state index in [2.05, 4.69) is 26.1 Å². The highest BCUT2D eigenvalue weighted by Gasteiger charge is 2.09. The minimum Gasteiger partial charge on any atom is -0.398 e. The first-order valence-electron chi connectivity index (χ1n) is 7.52. The Balaban J connectivity index is 2.21. The van der Waals surface area contributed by atoms with E-state index in [9.17, 15) is 4.79 Å². The van der Waals surface area contributed by atoms with Crippen molar-refractivity contribution in [3.8, 4) is 0 Å². The second-order valence-corrected chi connectivity index (χ2v) is 6.59. The van der Waals surface area contributed by atoms with Crippen LogP contribution in [-0.2, 0) is 9.53 Å². The van der Waals surface area contributed by atoms with Gasteiger partial charge < -0.3 is 15.8 Å². The summed E-state index contributed by atoms with van der Waals surface area (Å²) in [6.45, 7) is 9.85. The summed E-state index contributed by atoms with van der Waals surface area (Å²) in [5, 5.41) is 2.89. The van der Waals surface area contributed by atoms with E-state index in [1.54, 1.807) is 0 Å². The zero-order valence-electron chi connectivity index (χ0n) is 13.7. The maximum atomic E-state index is 11.9. The van der Waals surface area contributed by atoms with E-state index in [0.717, 1.165) is 30.7 Å². The zero-order chi connectivity index (χ0) is 15.9. The van der Waals surface area contributed by atoms with Crippen molar-refractivity contribution in [1.82, 2.24) is 0 Å². The molecule has 21 heavy (non-hydrogen) atoms. The molecule has 4 heteroatoms. The highest BCUT2D eigenvalue weighted by atomic mass is 16.5. The predicted octanol–water partition coefficient (Wildman–Crippen LogP) is 3.75. The molecule has 0 aromatic heterocycles. The average molecular weight is 292 g/mol. The highest BCUT2D eigenvalue weighted by Crippen LogP contribution is 2.20. The number of nitrogens with two attached hydrogens (primary N) is 1. The van der Waals surface area contributed by atoms with E-state index in [1.165, 1.54) is 0 Å². The number of nitrogen functional groups attached to an aromatic ring is 1. The molecule has 0 aliphatic rings. The van der Waals surface area contributed by atoms with E-state index in [4.69, 9.17) is 10.5 Å². The summed E-state index contributed by atoms with van der Waals surface area (Å²) in [5.41, 5.74) is 8.50. The number of ether oxygens (including phenoxy) is 1. The fourth-order valence-corrected chi connectivity index (χ4v) is 1.82. The summed E-state index contributed by atoms with van der Waals surface area (Å²) in [7, 11) is 0. The molecule has 1 amide bonds. The lowest BCUT2D eigenvalue weighted by Crippen LogP contribution is -2.14. The second kappa shape index (κ2) is 8.03. The Bertz CT molecular complexity index is 464. The molecule has 0 bridgehead atoms. The van der Waals surface area contributed by atoms with Gasteiger partial charge in [0.15, 0.2) is 0 Å². The van der Waals surface area contributed by atoms with E-state index in [0.29, 0.717) is 24.1 Å². The minimum atomic E-state index is 0.00289. The Morgan fingerprint density at radius 2 is 2.00 bits per heavy atom. The molecule has 0 aliphatic heterocycles. The summed E-state index contributed by atoms with van der Waals surface area (Å²) >= 11 is 0. The van der Waals surface area contributed by atoms with Gasteiger partial charge in [-0.2, -0.15) is 0 Å². The SMILES string of the molecule is Cc1c(N)cccc1NC(=O)CCCOCCC(C)(C)C. The molecule has 0 fully saturated rings. The van der Waals surface area contributed by atoms with Gasteiger partial charge >= 0.3 is 0 Å². The first kappa shape index (κ1) is 17.5. The van der Waals surface area contributed by atoms with Crippen LogP contribution >= 0.6 is 0 Å². The molecule has 0 heterocycles. The topological polar surface area (TPSA) is 64.3 Å². The molecule has 1 aromatic carbocycles. The Morgan fingerprint density at radius 3 is 2.67 bits per heavy atom. The molecule has 1 rings (SSSR count). The van der Waals surface area contributed by atoms with Gasteiger partial charge in [-0.1, -0.05) is 26.8 Å². The number of amides is 1. The minimum absolute atomic E-state index is 0.00289. The molecular weight excluding hydrogens is 264 g/mol. The molecular formula is C17H28N2O2. The van der Waals surface area contributed by atoms with Crippen molar-refractivity contribution < 1.29 is 9.53 Å². The van der Waals surface area contributed by atoms with Crippen molar-refractivity contribution in [2.45, 2.75) is 47.0 Å². The van der Waals surface area contributed by atoms with Gasteiger partial charge in [-0.15, -0.1) is 0 Å². The van der Waals surface area contributed by atoms with Crippen molar-refractivity contribution >= 4 is 17.3 Å². The van der Waals surface area contributed by atoms with Crippen LogP contribution in [-0.4, -0.2) is 19.1 Å². The van der Waals surface area contributed by atoms with Gasteiger partial charge in [0.05, 0.1) is 0 Å². The third kappa shape index (κ3) is 7.14. The molecule has 4 nitrogen and oxygen atoms in total. The maximum Gasteiger partial charge on any atom is 0.224 e. The van der Waals surface area contributed by atoms with Gasteiger partial charge in [0, 0.05) is 31.0 Å². The molecule has 0 radical (unpaired) electrons. The average Bonchev–Trinajstić information content (AvgIpc) is 2.38. The molecule has 0 unspecified atom stereocenters. The Labute approximate surface area is 128 Å². The van der Waals surface area contributed by atoms with Gasteiger partial charge in [-0.25, -0.2) is 0 Å². The van der Waals surface area contributed by atoms with Crippen molar-refractivity contribution in [3.05, 3.63) is 23.8 Å². The smallest absolute Gasteiger partial charge is 0.224 e. The third-order valence-corrected chi connectivity index (χ3v) is 3.34. The molecule has 0 atom stereocenters. The van der Waals surface area contributed by atoms with Crippen LogP contribution in [0.5, 0.6) is 0 Å². The summed E-state index contributed by atoms with van der Waals surface area (Å²) in [5.74, 6) is 0.00289. The molecule has 3 N–H and O–H groups in total. The fraction of sp³-hybridized carbons (Fsp3) is 0.588. The normalized spacial score (nSPS) is 11.4. The summed E-state index contributed by atoms with van der Waals surface area (Å²) in [6, 6.07) is 5.53. The van der Waals surface area contributed by atoms with Crippen LogP contribution in [0.1, 0.15) is 45.6 Å². The number of carbonyl (C=O) groups is 1. The van der Waals surface area contributed by atoms with Crippen LogP contribution in [0.4, 0.5) is 11.4 Å². The zero-order valence-corrected chi connectivity index (χ0v) is 13.7. The second-order valence-electron chi connectivity index (χ2n) is 6.59. The lowest BCUT2D eigenvalue weighted by Gasteiger charge is -2.17.